The lowest BCUT2D eigenvalue weighted by atomic mass is 9.92. The van der Waals surface area contributed by atoms with Gasteiger partial charge in [0, 0.05) is 13.1 Å². The average molecular weight is 359 g/mol. The number of carbonyl (C=O) groups excluding carboxylic acids is 1. The molecule has 1 fully saturated rings. The largest absolute Gasteiger partial charge is 0.494 e. The summed E-state index contributed by atoms with van der Waals surface area (Å²) in [5.74, 6) is 0.261. The summed E-state index contributed by atoms with van der Waals surface area (Å²) in [4.78, 5) is 27.1. The van der Waals surface area contributed by atoms with E-state index < -0.39 is 11.4 Å². The topological polar surface area (TPSA) is 64.4 Å². The van der Waals surface area contributed by atoms with E-state index in [1.54, 1.807) is 4.90 Å². The average Bonchev–Trinajstić information content (AvgIpc) is 2.61. The molecular weight excluding hydrogens is 337 g/mol. The molecule has 0 bridgehead atoms. The Hall–Kier alpha value is -2.70. The van der Waals surface area contributed by atoms with Gasteiger partial charge in [0.2, 0.25) is 0 Å². The number of ether oxygens (including phenoxy) is 1. The third-order valence-electron chi connectivity index (χ3n) is 4.55. The molecule has 1 aliphatic rings. The normalized spacial score (nSPS) is 20.1. The minimum Gasteiger partial charge on any atom is -0.494 e. The zero-order chi connectivity index (χ0) is 18.8. The van der Waals surface area contributed by atoms with Crippen molar-refractivity contribution in [3.05, 3.63) is 52.2 Å². The number of carbonyl (C=O) groups is 1. The molecule has 2 atom stereocenters. The zero-order valence-electron chi connectivity index (χ0n) is 15.1. The molecule has 7 heteroatoms. The van der Waals surface area contributed by atoms with Crippen LogP contribution in [0.3, 0.4) is 0 Å². The summed E-state index contributed by atoms with van der Waals surface area (Å²) in [6.45, 7) is 5.51. The van der Waals surface area contributed by atoms with Gasteiger partial charge in [-0.15, -0.1) is 0 Å². The van der Waals surface area contributed by atoms with E-state index in [-0.39, 0.29) is 17.4 Å². The van der Waals surface area contributed by atoms with Gasteiger partial charge in [-0.05, 0) is 42.5 Å². The molecule has 2 heterocycles. The third-order valence-corrected chi connectivity index (χ3v) is 4.55. The van der Waals surface area contributed by atoms with Crippen molar-refractivity contribution in [3.63, 3.8) is 0 Å². The van der Waals surface area contributed by atoms with Crippen LogP contribution >= 0.6 is 0 Å². The number of hydrogen-bond acceptors (Lipinski definition) is 4. The molecule has 1 saturated heterocycles. The van der Waals surface area contributed by atoms with Crippen LogP contribution in [0.25, 0.3) is 5.69 Å². The molecule has 0 N–H and O–H groups in total. The van der Waals surface area contributed by atoms with Crippen LogP contribution in [-0.2, 0) is 0 Å². The van der Waals surface area contributed by atoms with E-state index >= 15 is 0 Å². The van der Waals surface area contributed by atoms with Crippen LogP contribution in [0.4, 0.5) is 4.39 Å². The molecule has 0 spiro atoms. The van der Waals surface area contributed by atoms with Crippen molar-refractivity contribution >= 4 is 5.91 Å². The highest BCUT2D eigenvalue weighted by molar-refractivity contribution is 5.94. The van der Waals surface area contributed by atoms with Crippen LogP contribution < -0.4 is 10.3 Å². The van der Waals surface area contributed by atoms with Gasteiger partial charge in [-0.2, -0.15) is 9.78 Å². The maximum atomic E-state index is 13.2. The number of nitrogens with zero attached hydrogens (tertiary/aromatic N) is 3. The number of piperidine rings is 1. The minimum atomic E-state index is -0.453. The quantitative estimate of drug-likeness (QED) is 0.845. The standard InChI is InChI=1S/C19H22FN3O3/c1-12-8-13(2)11-22(10-12)19(25)18-16(26-3)9-17(24)23(21-18)15-6-4-14(20)5-7-15/h4-7,9,12-13H,8,10-11H2,1-3H3/t12-,13-/m1/s1. The summed E-state index contributed by atoms with van der Waals surface area (Å²) in [7, 11) is 1.40. The Morgan fingerprint density at radius 1 is 1.19 bits per heavy atom. The van der Waals surface area contributed by atoms with Crippen LogP contribution in [0.15, 0.2) is 35.1 Å². The van der Waals surface area contributed by atoms with Crippen molar-refractivity contribution < 1.29 is 13.9 Å². The highest BCUT2D eigenvalue weighted by Crippen LogP contribution is 2.24. The first-order valence-electron chi connectivity index (χ1n) is 8.62. The Bertz CT molecular complexity index is 853. The number of amides is 1. The number of hydrogen-bond donors (Lipinski definition) is 0. The van der Waals surface area contributed by atoms with Gasteiger partial charge in [-0.3, -0.25) is 9.59 Å². The van der Waals surface area contributed by atoms with Crippen LogP contribution in [0.5, 0.6) is 5.75 Å². The first-order chi connectivity index (χ1) is 12.4. The molecule has 6 nitrogen and oxygen atoms in total. The number of methoxy groups -OCH3 is 1. The molecule has 2 aromatic rings. The number of halogens is 1. The summed E-state index contributed by atoms with van der Waals surface area (Å²) in [5.41, 5.74) is 0.0107. The monoisotopic (exact) mass is 359 g/mol. The lowest BCUT2D eigenvalue weighted by molar-refractivity contribution is 0.0611. The molecule has 1 aromatic heterocycles. The van der Waals surface area contributed by atoms with Gasteiger partial charge < -0.3 is 9.64 Å². The Balaban J connectivity index is 2.02. The summed E-state index contributed by atoms with van der Waals surface area (Å²) < 4.78 is 19.5. The molecule has 1 amide bonds. The van der Waals surface area contributed by atoms with Crippen LogP contribution in [0, 0.1) is 17.7 Å². The lowest BCUT2D eigenvalue weighted by Crippen LogP contribution is -2.43. The van der Waals surface area contributed by atoms with Crippen LogP contribution in [0.2, 0.25) is 0 Å². The Morgan fingerprint density at radius 3 is 2.38 bits per heavy atom. The fourth-order valence-corrected chi connectivity index (χ4v) is 3.49. The fraction of sp³-hybridized carbons (Fsp3) is 0.421. The second-order valence-electron chi connectivity index (χ2n) is 6.94. The van der Waals surface area contributed by atoms with E-state index in [0.717, 1.165) is 11.1 Å². The second kappa shape index (κ2) is 7.27. The summed E-state index contributed by atoms with van der Waals surface area (Å²) in [5, 5.41) is 4.23. The Labute approximate surface area is 151 Å². The van der Waals surface area contributed by atoms with Gasteiger partial charge >= 0.3 is 0 Å². The molecule has 1 aliphatic heterocycles. The van der Waals surface area contributed by atoms with E-state index in [1.807, 2.05) is 0 Å². The summed E-state index contributed by atoms with van der Waals surface area (Å²) in [6.07, 6.45) is 1.07. The second-order valence-corrected chi connectivity index (χ2v) is 6.94. The van der Waals surface area contributed by atoms with Crippen molar-refractivity contribution in [1.82, 2.24) is 14.7 Å². The minimum absolute atomic E-state index is 0.0812. The molecule has 0 aliphatic carbocycles. The number of aromatic nitrogens is 2. The maximum Gasteiger partial charge on any atom is 0.278 e. The summed E-state index contributed by atoms with van der Waals surface area (Å²) in [6, 6.07) is 6.60. The van der Waals surface area contributed by atoms with Crippen molar-refractivity contribution in [1.29, 1.82) is 0 Å². The van der Waals surface area contributed by atoms with Gasteiger partial charge in [0.25, 0.3) is 11.5 Å². The van der Waals surface area contributed by atoms with E-state index in [9.17, 15) is 14.0 Å². The SMILES string of the molecule is COc1cc(=O)n(-c2ccc(F)cc2)nc1C(=O)N1C[C@H](C)C[C@@H](C)C1. The number of benzene rings is 1. The highest BCUT2D eigenvalue weighted by atomic mass is 19.1. The predicted molar refractivity (Wildman–Crippen MR) is 95.2 cm³/mol. The summed E-state index contributed by atoms with van der Waals surface area (Å²) >= 11 is 0. The van der Waals surface area contributed by atoms with E-state index in [2.05, 4.69) is 18.9 Å². The van der Waals surface area contributed by atoms with Crippen molar-refractivity contribution in [2.24, 2.45) is 11.8 Å². The van der Waals surface area contributed by atoms with Crippen LogP contribution in [0.1, 0.15) is 30.8 Å². The van der Waals surface area contributed by atoms with Crippen LogP contribution in [-0.4, -0.2) is 40.8 Å². The molecule has 0 saturated carbocycles. The van der Waals surface area contributed by atoms with Gasteiger partial charge in [-0.1, -0.05) is 13.8 Å². The smallest absolute Gasteiger partial charge is 0.278 e. The van der Waals surface area contributed by atoms with Crippen molar-refractivity contribution in [2.45, 2.75) is 20.3 Å². The first-order valence-corrected chi connectivity index (χ1v) is 8.62. The number of rotatable bonds is 3. The molecule has 0 radical (unpaired) electrons. The van der Waals surface area contributed by atoms with Gasteiger partial charge in [0.1, 0.15) is 5.82 Å². The number of likely N-dealkylation sites (tertiary alicyclic amines) is 1. The van der Waals surface area contributed by atoms with Gasteiger partial charge in [-0.25, -0.2) is 4.39 Å². The molecular formula is C19H22FN3O3. The Morgan fingerprint density at radius 2 is 1.81 bits per heavy atom. The van der Waals surface area contributed by atoms with Gasteiger partial charge in [0.05, 0.1) is 18.9 Å². The zero-order valence-corrected chi connectivity index (χ0v) is 15.1. The fourth-order valence-electron chi connectivity index (χ4n) is 3.49. The Kier molecular flexibility index (Phi) is 5.06. The molecule has 3 rings (SSSR count). The highest BCUT2D eigenvalue weighted by Gasteiger charge is 2.29. The van der Waals surface area contributed by atoms with Crippen molar-refractivity contribution in [3.8, 4) is 11.4 Å². The molecule has 0 unspecified atom stereocenters. The molecule has 1 aromatic carbocycles. The predicted octanol–water partition coefficient (Wildman–Crippen LogP) is 2.50. The van der Waals surface area contributed by atoms with E-state index in [4.69, 9.17) is 4.74 Å². The maximum absolute atomic E-state index is 13.2. The van der Waals surface area contributed by atoms with Gasteiger partial charge in [0.15, 0.2) is 11.4 Å². The molecule has 26 heavy (non-hydrogen) atoms. The third kappa shape index (κ3) is 3.61. The molecule has 138 valence electrons. The van der Waals surface area contributed by atoms with E-state index in [0.29, 0.717) is 30.6 Å². The first kappa shape index (κ1) is 18.1. The van der Waals surface area contributed by atoms with Crippen molar-refractivity contribution in [2.75, 3.05) is 20.2 Å². The van der Waals surface area contributed by atoms with E-state index in [1.165, 1.54) is 37.4 Å². The lowest BCUT2D eigenvalue weighted by Gasteiger charge is -2.34.